The maximum atomic E-state index is 13.1. The van der Waals surface area contributed by atoms with Crippen LogP contribution in [0.15, 0.2) is 70.3 Å². The van der Waals surface area contributed by atoms with Crippen LogP contribution in [-0.2, 0) is 11.3 Å². The first-order valence-corrected chi connectivity index (χ1v) is 10.9. The van der Waals surface area contributed by atoms with Crippen LogP contribution in [0.3, 0.4) is 0 Å². The first kappa shape index (κ1) is 25.4. The number of amides is 1. The van der Waals surface area contributed by atoms with Gasteiger partial charge < -0.3 is 15.4 Å². The Morgan fingerprint density at radius 2 is 1.77 bits per heavy atom. The molecular formula is C25H26F2N4O4. The number of halogens is 2. The third-order valence-corrected chi connectivity index (χ3v) is 5.00. The summed E-state index contributed by atoms with van der Waals surface area (Å²) in [5.74, 6) is -0.691. The minimum Gasteiger partial charge on any atom is -0.435 e. The van der Waals surface area contributed by atoms with Gasteiger partial charge in [0.05, 0.1) is 6.54 Å². The fraction of sp³-hybridized carbons (Fsp3) is 0.240. The number of anilines is 2. The van der Waals surface area contributed by atoms with Crippen molar-refractivity contribution in [3.63, 3.8) is 0 Å². The number of nitrogen functional groups attached to an aromatic ring is 1. The maximum Gasteiger partial charge on any atom is 0.387 e. The normalized spacial score (nSPS) is 11.4. The fourth-order valence-corrected chi connectivity index (χ4v) is 3.44. The Hall–Kier alpha value is -4.21. The summed E-state index contributed by atoms with van der Waals surface area (Å²) in [6.07, 6.45) is 2.73. The van der Waals surface area contributed by atoms with Gasteiger partial charge in [-0.25, -0.2) is 4.79 Å². The van der Waals surface area contributed by atoms with Gasteiger partial charge in [0.15, 0.2) is 5.69 Å². The molecular weight excluding hydrogens is 458 g/mol. The monoisotopic (exact) mass is 484 g/mol. The van der Waals surface area contributed by atoms with Gasteiger partial charge in [-0.05, 0) is 35.3 Å². The van der Waals surface area contributed by atoms with Crippen molar-refractivity contribution in [3.8, 4) is 5.75 Å². The molecule has 1 amide bonds. The van der Waals surface area contributed by atoms with Crippen molar-refractivity contribution in [1.29, 1.82) is 0 Å². The van der Waals surface area contributed by atoms with Crippen LogP contribution in [0.5, 0.6) is 5.75 Å². The number of hydrogen-bond donors (Lipinski definition) is 2. The number of carbonyl (C=O) groups is 1. The van der Waals surface area contributed by atoms with Crippen molar-refractivity contribution in [2.45, 2.75) is 27.0 Å². The number of nitrogens with one attached hydrogen (secondary N) is 1. The third kappa shape index (κ3) is 6.66. The Morgan fingerprint density at radius 1 is 1.11 bits per heavy atom. The minimum absolute atomic E-state index is 0.00936. The second-order valence-electron chi connectivity index (χ2n) is 8.19. The van der Waals surface area contributed by atoms with Gasteiger partial charge in [-0.15, -0.1) is 0 Å². The van der Waals surface area contributed by atoms with E-state index in [2.05, 4.69) is 9.72 Å². The van der Waals surface area contributed by atoms with E-state index in [9.17, 15) is 23.2 Å². The number of carbonyl (C=O) groups excluding carboxylic acids is 1. The van der Waals surface area contributed by atoms with Gasteiger partial charge in [0, 0.05) is 12.6 Å². The second kappa shape index (κ2) is 11.3. The summed E-state index contributed by atoms with van der Waals surface area (Å²) in [5, 5.41) is 0. The quantitative estimate of drug-likeness (QED) is 0.452. The van der Waals surface area contributed by atoms with Crippen LogP contribution in [0.1, 0.15) is 25.0 Å². The van der Waals surface area contributed by atoms with Crippen LogP contribution in [-0.4, -0.2) is 28.6 Å². The number of H-pyrrole nitrogens is 1. The van der Waals surface area contributed by atoms with Gasteiger partial charge in [0.25, 0.3) is 11.5 Å². The predicted octanol–water partition coefficient (Wildman–Crippen LogP) is 3.47. The molecule has 0 aliphatic heterocycles. The number of hydrogen-bond acceptors (Lipinski definition) is 5. The number of nitrogens with zero attached hydrogens (tertiary/aromatic N) is 2. The summed E-state index contributed by atoms with van der Waals surface area (Å²) in [6, 6.07) is 14.8. The molecule has 0 saturated carbocycles. The maximum absolute atomic E-state index is 13.1. The van der Waals surface area contributed by atoms with E-state index < -0.39 is 23.8 Å². The molecule has 0 unspecified atom stereocenters. The van der Waals surface area contributed by atoms with Crippen molar-refractivity contribution in [3.05, 3.63) is 92.6 Å². The van der Waals surface area contributed by atoms with Crippen molar-refractivity contribution in [2.24, 2.45) is 5.92 Å². The average Bonchev–Trinajstić information content (AvgIpc) is 2.80. The molecule has 0 spiro atoms. The van der Waals surface area contributed by atoms with Crippen LogP contribution in [0.2, 0.25) is 0 Å². The van der Waals surface area contributed by atoms with E-state index in [1.54, 1.807) is 0 Å². The predicted molar refractivity (Wildman–Crippen MR) is 131 cm³/mol. The summed E-state index contributed by atoms with van der Waals surface area (Å²) in [5.41, 5.74) is 6.04. The summed E-state index contributed by atoms with van der Waals surface area (Å²) >= 11 is 0. The van der Waals surface area contributed by atoms with E-state index >= 15 is 0 Å². The molecule has 1 heterocycles. The van der Waals surface area contributed by atoms with Crippen molar-refractivity contribution >= 4 is 23.5 Å². The number of ether oxygens (including phenoxy) is 1. The second-order valence-corrected chi connectivity index (χ2v) is 8.19. The van der Waals surface area contributed by atoms with Crippen LogP contribution in [0, 0.1) is 5.92 Å². The molecule has 3 rings (SSSR count). The summed E-state index contributed by atoms with van der Waals surface area (Å²) in [7, 11) is 0. The lowest BCUT2D eigenvalue weighted by Gasteiger charge is -2.25. The topological polar surface area (TPSA) is 110 Å². The Labute approximate surface area is 200 Å². The number of rotatable bonds is 9. The van der Waals surface area contributed by atoms with E-state index in [4.69, 9.17) is 5.73 Å². The number of aromatic amines is 1. The molecule has 0 aliphatic carbocycles. The van der Waals surface area contributed by atoms with Gasteiger partial charge >= 0.3 is 12.3 Å². The third-order valence-electron chi connectivity index (χ3n) is 5.00. The standard InChI is InChI=1S/C25H26F2N4O4/c1-16(2)14-30(20(32)13-10-17-8-11-19(12-9-17)35-24(26)27)21-22(28)31(25(34)29-23(21)33)15-18-6-4-3-5-7-18/h3-13,16,24H,14-15,28H2,1-2H3,(H,29,33,34). The molecule has 3 aromatic rings. The van der Waals surface area contributed by atoms with Crippen molar-refractivity contribution in [2.75, 3.05) is 17.2 Å². The lowest BCUT2D eigenvalue weighted by atomic mass is 10.1. The number of benzene rings is 2. The Bertz CT molecular complexity index is 1300. The van der Waals surface area contributed by atoms with Gasteiger partial charge in [0.1, 0.15) is 11.6 Å². The van der Waals surface area contributed by atoms with Crippen LogP contribution in [0.25, 0.3) is 6.08 Å². The number of nitrogens with two attached hydrogens (primary N) is 1. The lowest BCUT2D eigenvalue weighted by Crippen LogP contribution is -2.42. The van der Waals surface area contributed by atoms with E-state index in [-0.39, 0.29) is 36.3 Å². The van der Waals surface area contributed by atoms with Crippen LogP contribution >= 0.6 is 0 Å². The SMILES string of the molecule is CC(C)CN(C(=O)C=Cc1ccc(OC(F)F)cc1)c1c(N)n(Cc2ccccc2)c(=O)[nH]c1=O. The summed E-state index contributed by atoms with van der Waals surface area (Å²) in [4.78, 5) is 41.9. The molecule has 2 aromatic carbocycles. The molecule has 8 nitrogen and oxygen atoms in total. The number of alkyl halides is 2. The molecule has 0 fully saturated rings. The van der Waals surface area contributed by atoms with E-state index in [1.807, 2.05) is 44.2 Å². The molecule has 3 N–H and O–H groups in total. The van der Waals surface area contributed by atoms with Gasteiger partial charge in [-0.3, -0.25) is 19.1 Å². The van der Waals surface area contributed by atoms with Crippen LogP contribution in [0.4, 0.5) is 20.3 Å². The molecule has 35 heavy (non-hydrogen) atoms. The van der Waals surface area contributed by atoms with Gasteiger partial charge in [-0.1, -0.05) is 56.3 Å². The Balaban J connectivity index is 1.94. The van der Waals surface area contributed by atoms with E-state index in [1.165, 1.54) is 45.9 Å². The largest absolute Gasteiger partial charge is 0.435 e. The van der Waals surface area contributed by atoms with Crippen molar-refractivity contribution in [1.82, 2.24) is 9.55 Å². The van der Waals surface area contributed by atoms with Crippen LogP contribution < -0.4 is 26.6 Å². The molecule has 1 aromatic heterocycles. The number of aromatic nitrogens is 2. The first-order valence-electron chi connectivity index (χ1n) is 10.9. The molecule has 0 atom stereocenters. The highest BCUT2D eigenvalue weighted by Crippen LogP contribution is 2.21. The highest BCUT2D eigenvalue weighted by molar-refractivity contribution is 6.05. The molecule has 0 aliphatic rings. The first-order chi connectivity index (χ1) is 16.7. The Kier molecular flexibility index (Phi) is 8.19. The molecule has 10 heteroatoms. The van der Waals surface area contributed by atoms with Gasteiger partial charge in [-0.2, -0.15) is 8.78 Å². The zero-order chi connectivity index (χ0) is 25.5. The lowest BCUT2D eigenvalue weighted by molar-refractivity contribution is -0.114. The molecule has 0 bridgehead atoms. The highest BCUT2D eigenvalue weighted by atomic mass is 19.3. The van der Waals surface area contributed by atoms with Gasteiger partial charge in [0.2, 0.25) is 0 Å². The fourth-order valence-electron chi connectivity index (χ4n) is 3.44. The smallest absolute Gasteiger partial charge is 0.387 e. The summed E-state index contributed by atoms with van der Waals surface area (Å²) in [6.45, 7) is 1.09. The Morgan fingerprint density at radius 3 is 2.37 bits per heavy atom. The molecule has 184 valence electrons. The van der Waals surface area contributed by atoms with E-state index in [0.717, 1.165) is 5.56 Å². The summed E-state index contributed by atoms with van der Waals surface area (Å²) < 4.78 is 30.2. The molecule has 0 saturated heterocycles. The molecule has 0 radical (unpaired) electrons. The van der Waals surface area contributed by atoms with E-state index in [0.29, 0.717) is 5.56 Å². The highest BCUT2D eigenvalue weighted by Gasteiger charge is 2.24. The zero-order valence-electron chi connectivity index (χ0n) is 19.3. The zero-order valence-corrected chi connectivity index (χ0v) is 19.3. The minimum atomic E-state index is -2.93. The van der Waals surface area contributed by atoms with Crippen molar-refractivity contribution < 1.29 is 18.3 Å². The average molecular weight is 485 g/mol.